The van der Waals surface area contributed by atoms with Crippen molar-refractivity contribution in [2.75, 3.05) is 12.4 Å². The zero-order valence-electron chi connectivity index (χ0n) is 15.8. The summed E-state index contributed by atoms with van der Waals surface area (Å²) in [6.07, 6.45) is 2.05. The van der Waals surface area contributed by atoms with Gasteiger partial charge < -0.3 is 15.4 Å². The summed E-state index contributed by atoms with van der Waals surface area (Å²) in [6.45, 7) is 1.90. The summed E-state index contributed by atoms with van der Waals surface area (Å²) in [6, 6.07) is 13.7. The highest BCUT2D eigenvalue weighted by atomic mass is 19.1. The van der Waals surface area contributed by atoms with Gasteiger partial charge in [-0.3, -0.25) is 4.79 Å². The summed E-state index contributed by atoms with van der Waals surface area (Å²) in [5.41, 5.74) is 1.99. The maximum absolute atomic E-state index is 13.7. The van der Waals surface area contributed by atoms with Crippen molar-refractivity contribution in [1.29, 1.82) is 0 Å². The average molecular weight is 379 g/mol. The third-order valence-corrected chi connectivity index (χ3v) is 4.90. The molecule has 2 aromatic carbocycles. The second-order valence-electron chi connectivity index (χ2n) is 7.07. The minimum atomic E-state index is -0.333. The smallest absolute Gasteiger partial charge is 0.252 e. The monoisotopic (exact) mass is 379 g/mol. The molecule has 1 atom stereocenters. The molecule has 4 rings (SSSR count). The van der Waals surface area contributed by atoms with E-state index in [2.05, 4.69) is 15.6 Å². The molecule has 1 aliphatic carbocycles. The van der Waals surface area contributed by atoms with E-state index in [-0.39, 0.29) is 23.8 Å². The Balaban J connectivity index is 1.68. The largest absolute Gasteiger partial charge is 0.496 e. The van der Waals surface area contributed by atoms with Crippen molar-refractivity contribution in [3.63, 3.8) is 0 Å². The van der Waals surface area contributed by atoms with Gasteiger partial charge in [-0.25, -0.2) is 9.37 Å². The minimum Gasteiger partial charge on any atom is -0.496 e. The van der Waals surface area contributed by atoms with Gasteiger partial charge in [0.1, 0.15) is 17.4 Å². The van der Waals surface area contributed by atoms with E-state index in [4.69, 9.17) is 4.74 Å². The molecule has 6 heteroatoms. The van der Waals surface area contributed by atoms with Crippen LogP contribution in [0.5, 0.6) is 5.75 Å². The van der Waals surface area contributed by atoms with E-state index >= 15 is 0 Å². The molecule has 1 unspecified atom stereocenters. The Morgan fingerprint density at radius 3 is 2.75 bits per heavy atom. The SMILES string of the molecule is COc1ccc(F)cc1C(C)Nc1cc(C(=O)NC2CC2)c2ccccc2n1. The van der Waals surface area contributed by atoms with E-state index in [0.29, 0.717) is 22.7 Å². The van der Waals surface area contributed by atoms with Crippen LogP contribution in [0.3, 0.4) is 0 Å². The fourth-order valence-corrected chi connectivity index (χ4v) is 3.27. The van der Waals surface area contributed by atoms with Crippen LogP contribution in [-0.4, -0.2) is 24.0 Å². The number of nitrogens with zero attached hydrogens (tertiary/aromatic N) is 1. The number of halogens is 1. The number of pyridine rings is 1. The van der Waals surface area contributed by atoms with Gasteiger partial charge >= 0.3 is 0 Å². The summed E-state index contributed by atoms with van der Waals surface area (Å²) in [5, 5.41) is 7.12. The van der Waals surface area contributed by atoms with Gasteiger partial charge in [-0.15, -0.1) is 0 Å². The normalized spacial score (nSPS) is 14.5. The number of aromatic nitrogens is 1. The van der Waals surface area contributed by atoms with Gasteiger partial charge in [0.25, 0.3) is 5.91 Å². The molecular formula is C22H22FN3O2. The lowest BCUT2D eigenvalue weighted by molar-refractivity contribution is 0.0952. The average Bonchev–Trinajstić information content (AvgIpc) is 3.51. The molecule has 1 aliphatic rings. The molecule has 1 saturated carbocycles. The zero-order chi connectivity index (χ0) is 19.7. The Morgan fingerprint density at radius 2 is 2.00 bits per heavy atom. The van der Waals surface area contributed by atoms with Crippen molar-refractivity contribution in [2.24, 2.45) is 0 Å². The van der Waals surface area contributed by atoms with Crippen LogP contribution in [0.2, 0.25) is 0 Å². The van der Waals surface area contributed by atoms with Crippen molar-refractivity contribution in [3.05, 3.63) is 65.5 Å². The fourth-order valence-electron chi connectivity index (χ4n) is 3.27. The second-order valence-corrected chi connectivity index (χ2v) is 7.07. The second kappa shape index (κ2) is 7.46. The Labute approximate surface area is 162 Å². The molecule has 1 amide bonds. The van der Waals surface area contributed by atoms with Crippen LogP contribution in [-0.2, 0) is 0 Å². The van der Waals surface area contributed by atoms with Gasteiger partial charge in [-0.05, 0) is 50.1 Å². The van der Waals surface area contributed by atoms with E-state index in [1.807, 2.05) is 31.2 Å². The lowest BCUT2D eigenvalue weighted by Gasteiger charge is -2.19. The van der Waals surface area contributed by atoms with E-state index in [9.17, 15) is 9.18 Å². The third kappa shape index (κ3) is 3.76. The highest BCUT2D eigenvalue weighted by molar-refractivity contribution is 6.07. The predicted octanol–water partition coefficient (Wildman–Crippen LogP) is 4.45. The number of anilines is 1. The first-order valence-electron chi connectivity index (χ1n) is 9.36. The van der Waals surface area contributed by atoms with E-state index < -0.39 is 0 Å². The number of hydrogen-bond donors (Lipinski definition) is 2. The molecule has 2 N–H and O–H groups in total. The van der Waals surface area contributed by atoms with Crippen LogP contribution in [0, 0.1) is 5.82 Å². The molecule has 3 aromatic rings. The Bertz CT molecular complexity index is 1030. The summed E-state index contributed by atoms with van der Waals surface area (Å²) in [5.74, 6) is 0.716. The Kier molecular flexibility index (Phi) is 4.86. The summed E-state index contributed by atoms with van der Waals surface area (Å²) >= 11 is 0. The molecule has 1 aromatic heterocycles. The van der Waals surface area contributed by atoms with Crippen LogP contribution in [0.1, 0.15) is 41.7 Å². The van der Waals surface area contributed by atoms with E-state index in [1.165, 1.54) is 12.1 Å². The number of rotatable bonds is 6. The highest BCUT2D eigenvalue weighted by Gasteiger charge is 2.25. The standard InChI is InChI=1S/C22H22FN3O2/c1-13(17-11-14(23)7-10-20(17)28-2)24-21-12-18(22(27)25-15-8-9-15)16-5-3-4-6-19(16)26-21/h3-7,10-13,15H,8-9H2,1-2H3,(H,24,26)(H,25,27). The molecule has 0 aliphatic heterocycles. The number of carbonyl (C=O) groups excluding carboxylic acids is 1. The van der Waals surface area contributed by atoms with Gasteiger partial charge in [0, 0.05) is 17.0 Å². The van der Waals surface area contributed by atoms with Crippen LogP contribution in [0.25, 0.3) is 10.9 Å². The molecule has 5 nitrogen and oxygen atoms in total. The van der Waals surface area contributed by atoms with Gasteiger partial charge in [0.05, 0.1) is 24.2 Å². The maximum atomic E-state index is 13.7. The number of benzene rings is 2. The van der Waals surface area contributed by atoms with Crippen LogP contribution < -0.4 is 15.4 Å². The lowest BCUT2D eigenvalue weighted by atomic mass is 10.1. The van der Waals surface area contributed by atoms with Crippen molar-refractivity contribution in [2.45, 2.75) is 31.8 Å². The van der Waals surface area contributed by atoms with Gasteiger partial charge in [-0.1, -0.05) is 18.2 Å². The number of carbonyl (C=O) groups is 1. The first-order chi connectivity index (χ1) is 13.5. The molecular weight excluding hydrogens is 357 g/mol. The molecule has 0 radical (unpaired) electrons. The molecule has 0 spiro atoms. The van der Waals surface area contributed by atoms with Crippen molar-refractivity contribution < 1.29 is 13.9 Å². The Morgan fingerprint density at radius 1 is 1.21 bits per heavy atom. The third-order valence-electron chi connectivity index (χ3n) is 4.90. The predicted molar refractivity (Wildman–Crippen MR) is 107 cm³/mol. The Hall–Kier alpha value is -3.15. The van der Waals surface area contributed by atoms with Crippen molar-refractivity contribution in [3.8, 4) is 5.75 Å². The molecule has 1 fully saturated rings. The zero-order valence-corrected chi connectivity index (χ0v) is 15.8. The molecule has 1 heterocycles. The summed E-state index contributed by atoms with van der Waals surface area (Å²) in [4.78, 5) is 17.4. The van der Waals surface area contributed by atoms with Crippen LogP contribution in [0.15, 0.2) is 48.5 Å². The number of nitrogens with one attached hydrogen (secondary N) is 2. The highest BCUT2D eigenvalue weighted by Crippen LogP contribution is 2.30. The molecule has 28 heavy (non-hydrogen) atoms. The first-order valence-corrected chi connectivity index (χ1v) is 9.36. The molecule has 0 bridgehead atoms. The minimum absolute atomic E-state index is 0.0971. The number of para-hydroxylation sites is 1. The van der Waals surface area contributed by atoms with Crippen LogP contribution >= 0.6 is 0 Å². The fraction of sp³-hybridized carbons (Fsp3) is 0.273. The first kappa shape index (κ1) is 18.2. The number of methoxy groups -OCH3 is 1. The van der Waals surface area contributed by atoms with E-state index in [0.717, 1.165) is 23.7 Å². The van der Waals surface area contributed by atoms with Crippen molar-refractivity contribution >= 4 is 22.6 Å². The quantitative estimate of drug-likeness (QED) is 0.664. The van der Waals surface area contributed by atoms with Gasteiger partial charge in [-0.2, -0.15) is 0 Å². The number of amides is 1. The van der Waals surface area contributed by atoms with Gasteiger partial charge in [0.2, 0.25) is 0 Å². The maximum Gasteiger partial charge on any atom is 0.252 e. The number of hydrogen-bond acceptors (Lipinski definition) is 4. The number of fused-ring (bicyclic) bond motifs is 1. The number of ether oxygens (including phenoxy) is 1. The topological polar surface area (TPSA) is 63.2 Å². The lowest BCUT2D eigenvalue weighted by Crippen LogP contribution is -2.26. The van der Waals surface area contributed by atoms with Crippen LogP contribution in [0.4, 0.5) is 10.2 Å². The molecule has 144 valence electrons. The summed E-state index contributed by atoms with van der Waals surface area (Å²) < 4.78 is 19.1. The van der Waals surface area contributed by atoms with Gasteiger partial charge in [0.15, 0.2) is 0 Å². The van der Waals surface area contributed by atoms with Crippen molar-refractivity contribution in [1.82, 2.24) is 10.3 Å². The molecule has 0 saturated heterocycles. The van der Waals surface area contributed by atoms with E-state index in [1.54, 1.807) is 19.2 Å². The summed E-state index contributed by atoms with van der Waals surface area (Å²) in [7, 11) is 1.55.